The molecule has 1 rings (SSSR count). The first-order chi connectivity index (χ1) is 2.30. The first-order valence-corrected chi connectivity index (χ1v) is 1.53. The second-order valence-corrected chi connectivity index (χ2v) is 1.19. The van der Waals surface area contributed by atoms with E-state index in [1.807, 2.05) is 6.92 Å². The Balaban J connectivity index is 3.15. The van der Waals surface area contributed by atoms with Crippen molar-refractivity contribution in [3.63, 3.8) is 0 Å². The Hall–Kier alpha value is -0.590. The van der Waals surface area contributed by atoms with Gasteiger partial charge in [0.15, 0.2) is 5.43 Å². The monoisotopic (exact) mass is 68.0 g/mol. The zero-order valence-corrected chi connectivity index (χ0v) is 2.99. The molecule has 1 aromatic carbocycles. The molecule has 1 aromatic rings. The number of hydrogen-bond donors (Lipinski definition) is 0. The fourth-order valence-electron chi connectivity index (χ4n) is 0.161. The Bertz CT molecular complexity index is 135. The van der Waals surface area contributed by atoms with Crippen molar-refractivity contribution in [1.82, 2.24) is 0 Å². The molecule has 26 valence electrons. The molecule has 0 fully saturated rings. The molecule has 0 bridgehead atoms. The molecule has 0 aliphatic carbocycles. The van der Waals surface area contributed by atoms with Crippen LogP contribution in [0.4, 0.5) is 0 Å². The van der Waals surface area contributed by atoms with Gasteiger partial charge in [0.1, 0.15) is 0 Å². The van der Waals surface area contributed by atoms with E-state index in [4.69, 9.17) is 0 Å². The molecule has 0 aliphatic heterocycles. The minimum Gasteiger partial charge on any atom is -0.290 e. The SMILES string of the molecule is Cc1cc1=O. The first kappa shape index (κ1) is 2.64. The van der Waals surface area contributed by atoms with Crippen LogP contribution in [0.1, 0.15) is 5.56 Å². The lowest BCUT2D eigenvalue weighted by Gasteiger charge is -1.39. The van der Waals surface area contributed by atoms with Crippen LogP contribution >= 0.6 is 0 Å². The van der Waals surface area contributed by atoms with Gasteiger partial charge in [0.05, 0.1) is 0 Å². The molecule has 1 heteroatoms. The van der Waals surface area contributed by atoms with Crippen molar-refractivity contribution in [1.29, 1.82) is 0 Å². The maximum atomic E-state index is 9.79. The summed E-state index contributed by atoms with van der Waals surface area (Å²) in [6, 6.07) is 1.61. The molecular formula is C4H4O. The van der Waals surface area contributed by atoms with Gasteiger partial charge in [-0.3, -0.25) is 4.79 Å². The maximum Gasteiger partial charge on any atom is 0.182 e. The third kappa shape index (κ3) is 0.232. The minimum absolute atomic E-state index is 0.213. The van der Waals surface area contributed by atoms with Gasteiger partial charge in [0, 0.05) is 5.56 Å². The summed E-state index contributed by atoms with van der Waals surface area (Å²) in [6.07, 6.45) is 0. The van der Waals surface area contributed by atoms with Crippen molar-refractivity contribution in [3.05, 3.63) is 21.9 Å². The van der Waals surface area contributed by atoms with Crippen LogP contribution in [0.15, 0.2) is 10.9 Å². The molecule has 0 unspecified atom stereocenters. The largest absolute Gasteiger partial charge is 0.290 e. The summed E-state index contributed by atoms with van der Waals surface area (Å²) in [5.74, 6) is 0. The van der Waals surface area contributed by atoms with Crippen molar-refractivity contribution in [2.45, 2.75) is 6.92 Å². The Morgan fingerprint density at radius 3 is 2.00 bits per heavy atom. The summed E-state index contributed by atoms with van der Waals surface area (Å²) in [5, 5.41) is 0. The highest BCUT2D eigenvalue weighted by Crippen LogP contribution is 1.85. The van der Waals surface area contributed by atoms with E-state index in [-0.39, 0.29) is 5.43 Å². The standard InChI is InChI=1S/C4H4O/c1-3-2-4(3)5/h2H,1H3. The molecule has 1 nitrogen and oxygen atoms in total. The second kappa shape index (κ2) is 0.482. The van der Waals surface area contributed by atoms with Crippen molar-refractivity contribution in [2.24, 2.45) is 0 Å². The summed E-state index contributed by atoms with van der Waals surface area (Å²) in [6.45, 7) is 1.81. The van der Waals surface area contributed by atoms with Crippen LogP contribution in [0, 0.1) is 6.92 Å². The molecule has 0 heterocycles. The van der Waals surface area contributed by atoms with E-state index in [0.717, 1.165) is 5.56 Å². The average Bonchev–Trinajstić information content (AvgIpc) is 1.79. The lowest BCUT2D eigenvalue weighted by molar-refractivity contribution is 1.65. The van der Waals surface area contributed by atoms with Crippen molar-refractivity contribution >= 4 is 0 Å². The van der Waals surface area contributed by atoms with E-state index in [9.17, 15) is 4.79 Å². The summed E-state index contributed by atoms with van der Waals surface area (Å²) >= 11 is 0. The average molecular weight is 68.1 g/mol. The molecule has 0 radical (unpaired) electrons. The highest BCUT2D eigenvalue weighted by atomic mass is 16.1. The van der Waals surface area contributed by atoms with Gasteiger partial charge < -0.3 is 0 Å². The van der Waals surface area contributed by atoms with E-state index < -0.39 is 0 Å². The fourth-order valence-corrected chi connectivity index (χ4v) is 0.161. The van der Waals surface area contributed by atoms with Gasteiger partial charge in [-0.2, -0.15) is 0 Å². The van der Waals surface area contributed by atoms with E-state index >= 15 is 0 Å². The number of rotatable bonds is 0. The van der Waals surface area contributed by atoms with Crippen LogP contribution in [0.5, 0.6) is 0 Å². The Labute approximate surface area is 29.9 Å². The Morgan fingerprint density at radius 2 is 2.00 bits per heavy atom. The van der Waals surface area contributed by atoms with Crippen LogP contribution in [-0.2, 0) is 0 Å². The van der Waals surface area contributed by atoms with Gasteiger partial charge in [0.2, 0.25) is 0 Å². The lowest BCUT2D eigenvalue weighted by atomic mass is 10.7. The molecule has 0 aromatic heterocycles. The van der Waals surface area contributed by atoms with Gasteiger partial charge >= 0.3 is 0 Å². The van der Waals surface area contributed by atoms with Gasteiger partial charge in [0.25, 0.3) is 0 Å². The van der Waals surface area contributed by atoms with Gasteiger partial charge in [-0.1, -0.05) is 0 Å². The quantitative estimate of drug-likeness (QED) is 0.425. The van der Waals surface area contributed by atoms with Crippen LogP contribution < -0.4 is 5.43 Å². The third-order valence-electron chi connectivity index (χ3n) is 0.653. The molecule has 0 saturated carbocycles. The smallest absolute Gasteiger partial charge is 0.182 e. The van der Waals surface area contributed by atoms with Gasteiger partial charge in [-0.25, -0.2) is 0 Å². The van der Waals surface area contributed by atoms with Gasteiger partial charge in [-0.15, -0.1) is 0 Å². The zero-order valence-electron chi connectivity index (χ0n) is 2.99. The molecule has 0 saturated heterocycles. The third-order valence-corrected chi connectivity index (χ3v) is 0.653. The molecule has 0 spiro atoms. The predicted molar refractivity (Wildman–Crippen MR) is 19.8 cm³/mol. The van der Waals surface area contributed by atoms with Crippen LogP contribution in [0.2, 0.25) is 0 Å². The van der Waals surface area contributed by atoms with Crippen LogP contribution in [-0.4, -0.2) is 0 Å². The Morgan fingerprint density at radius 1 is 1.80 bits per heavy atom. The molecular weight excluding hydrogens is 64.0 g/mol. The highest BCUT2D eigenvalue weighted by molar-refractivity contribution is 5.19. The van der Waals surface area contributed by atoms with Crippen molar-refractivity contribution in [2.75, 3.05) is 0 Å². The maximum absolute atomic E-state index is 9.79. The van der Waals surface area contributed by atoms with Crippen LogP contribution in [0.25, 0.3) is 0 Å². The van der Waals surface area contributed by atoms with E-state index in [0.29, 0.717) is 0 Å². The highest BCUT2D eigenvalue weighted by Gasteiger charge is 1.95. The second-order valence-electron chi connectivity index (χ2n) is 1.19. The van der Waals surface area contributed by atoms with Crippen LogP contribution in [0.3, 0.4) is 0 Å². The molecule has 0 atom stereocenters. The zero-order chi connectivity index (χ0) is 3.86. The molecule has 0 amide bonds. The van der Waals surface area contributed by atoms with E-state index in [2.05, 4.69) is 0 Å². The molecule has 0 N–H and O–H groups in total. The Kier molecular flexibility index (Phi) is 0.254. The molecule has 5 heavy (non-hydrogen) atoms. The van der Waals surface area contributed by atoms with Crippen molar-refractivity contribution < 1.29 is 0 Å². The summed E-state index contributed by atoms with van der Waals surface area (Å²) in [4.78, 5) is 9.79. The summed E-state index contributed by atoms with van der Waals surface area (Å²) in [7, 11) is 0. The fraction of sp³-hybridized carbons (Fsp3) is 0.250. The van der Waals surface area contributed by atoms with Crippen molar-refractivity contribution in [3.8, 4) is 0 Å². The van der Waals surface area contributed by atoms with Gasteiger partial charge in [-0.05, 0) is 13.0 Å². The topological polar surface area (TPSA) is 17.1 Å². The summed E-state index contributed by atoms with van der Waals surface area (Å²) < 4.78 is 0. The summed E-state index contributed by atoms with van der Waals surface area (Å²) in [5.41, 5.74) is 1.12. The van der Waals surface area contributed by atoms with E-state index in [1.54, 1.807) is 6.07 Å². The number of hydrogen-bond acceptors (Lipinski definition) is 1. The lowest BCUT2D eigenvalue weighted by Crippen LogP contribution is -1.68. The predicted octanol–water partition coefficient (Wildman–Crippen LogP) is 0.231. The van der Waals surface area contributed by atoms with E-state index in [1.165, 1.54) is 0 Å². The minimum atomic E-state index is 0.213. The first-order valence-electron chi connectivity index (χ1n) is 1.53. The molecule has 0 aliphatic rings. The normalized spacial score (nSPS) is 9.80. The number of aryl methyl sites for hydroxylation is 1.